The SMILES string of the molecule is CN[C@@H](C)C(=O)N[C@H](C(=O)N[C@@H](CCNC(=O)c1ccc2cc(C(=O)C[C@H]3C[C@@H](C(=O)N[C@@H]4CCCc5ccccc54)N(C(=O)[C@@H](NC(=O)[C@H](C)NC)C(C)(C)C)C3)ccc2c1)C(=O)N[C@H](C)C(C)C)C(C)C. The van der Waals surface area contributed by atoms with Crippen molar-refractivity contribution in [3.8, 4) is 0 Å². The second-order valence-electron chi connectivity index (χ2n) is 21.9. The molecule has 0 bridgehead atoms. The Hall–Kier alpha value is -6.20. The third-order valence-electron chi connectivity index (χ3n) is 14.6. The van der Waals surface area contributed by atoms with Crippen molar-refractivity contribution in [2.45, 2.75) is 156 Å². The zero-order valence-corrected chi connectivity index (χ0v) is 45.0. The van der Waals surface area contributed by atoms with E-state index in [1.165, 1.54) is 5.56 Å². The first kappa shape index (κ1) is 57.7. The van der Waals surface area contributed by atoms with E-state index in [9.17, 15) is 38.4 Å². The highest BCUT2D eigenvalue weighted by molar-refractivity contribution is 6.03. The number of rotatable bonds is 22. The highest BCUT2D eigenvalue weighted by Crippen LogP contribution is 2.34. The van der Waals surface area contributed by atoms with Gasteiger partial charge >= 0.3 is 0 Å². The van der Waals surface area contributed by atoms with Gasteiger partial charge in [0.25, 0.3) is 5.91 Å². The van der Waals surface area contributed by atoms with Gasteiger partial charge in [0.2, 0.25) is 35.4 Å². The summed E-state index contributed by atoms with van der Waals surface area (Å²) >= 11 is 0. The molecule has 7 amide bonds. The monoisotopic (exact) mass is 1010 g/mol. The van der Waals surface area contributed by atoms with E-state index >= 15 is 0 Å². The van der Waals surface area contributed by atoms with E-state index in [1.807, 2.05) is 59.7 Å². The first-order chi connectivity index (χ1) is 34.4. The Labute approximate surface area is 431 Å². The summed E-state index contributed by atoms with van der Waals surface area (Å²) in [4.78, 5) is 111. The van der Waals surface area contributed by atoms with Gasteiger partial charge in [-0.15, -0.1) is 0 Å². The van der Waals surface area contributed by atoms with Gasteiger partial charge in [-0.05, 0) is 130 Å². The van der Waals surface area contributed by atoms with Gasteiger partial charge in [-0.25, -0.2) is 0 Å². The van der Waals surface area contributed by atoms with Crippen LogP contribution in [0.5, 0.6) is 0 Å². The fourth-order valence-corrected chi connectivity index (χ4v) is 9.29. The van der Waals surface area contributed by atoms with Crippen LogP contribution in [0, 0.1) is 23.2 Å². The normalized spacial score (nSPS) is 19.2. The lowest BCUT2D eigenvalue weighted by atomic mass is 9.85. The van der Waals surface area contributed by atoms with Gasteiger partial charge in [0.05, 0.1) is 18.1 Å². The quantitative estimate of drug-likeness (QED) is 0.0658. The third kappa shape index (κ3) is 15.2. The second kappa shape index (κ2) is 25.6. The third-order valence-corrected chi connectivity index (χ3v) is 14.6. The Morgan fingerprint density at radius 2 is 1.32 bits per heavy atom. The second-order valence-corrected chi connectivity index (χ2v) is 21.9. The Kier molecular flexibility index (Phi) is 20.3. The molecule has 17 heteroatoms. The molecule has 73 heavy (non-hydrogen) atoms. The predicted octanol–water partition coefficient (Wildman–Crippen LogP) is 4.48. The number of likely N-dealkylation sites (tertiary alicyclic amines) is 1. The molecule has 0 radical (unpaired) electrons. The van der Waals surface area contributed by atoms with E-state index in [4.69, 9.17) is 0 Å². The number of hydrogen-bond donors (Lipinski definition) is 8. The number of nitrogens with zero attached hydrogens (tertiary/aromatic N) is 1. The summed E-state index contributed by atoms with van der Waals surface area (Å²) in [5.74, 6) is -3.32. The molecule has 5 rings (SSSR count). The first-order valence-corrected chi connectivity index (χ1v) is 26.0. The zero-order valence-electron chi connectivity index (χ0n) is 45.0. The molecule has 2 aliphatic rings. The van der Waals surface area contributed by atoms with Gasteiger partial charge in [-0.1, -0.05) is 90.9 Å². The average molecular weight is 1010 g/mol. The number of carbonyl (C=O) groups excluding carboxylic acids is 8. The number of benzene rings is 3. The number of hydrogen-bond acceptors (Lipinski definition) is 10. The standard InChI is InChI=1S/C56H81N9O8/c1-31(2)33(5)60-52(70)44(62-54(72)47(32(3)4)63-49(67)34(6)57-11)24-25-59-51(69)41-23-21-38-28-40(22-20-39(38)29-41)46(66)27-36-26-45(53(71)61-43-19-15-17-37-16-13-14-18-42(37)43)65(30-36)55(73)48(56(8,9)10)64-50(68)35(7)58-12/h13-14,16,18,20-23,28-29,31-36,43-45,47-48,57-58H,15,17,19,24-27,30H2,1-12H3,(H,59,69)(H,60,70)(H,61,71)(H,62,72)(H,63,67)(H,64,68)/t33-,34+,35+,36-,43-,44+,45+,47+,48-/m1/s1. The van der Waals surface area contributed by atoms with Crippen molar-refractivity contribution in [3.05, 3.63) is 82.9 Å². The van der Waals surface area contributed by atoms with Crippen LogP contribution in [0.15, 0.2) is 60.7 Å². The minimum Gasteiger partial charge on any atom is -0.352 e. The molecule has 1 aliphatic heterocycles. The van der Waals surface area contributed by atoms with Crippen LogP contribution < -0.4 is 42.5 Å². The number of aryl methyl sites for hydroxylation is 1. The molecule has 0 spiro atoms. The summed E-state index contributed by atoms with van der Waals surface area (Å²) in [6.07, 6.45) is 3.03. The molecule has 8 N–H and O–H groups in total. The molecule has 17 nitrogen and oxygen atoms in total. The van der Waals surface area contributed by atoms with Crippen LogP contribution in [-0.4, -0.2) is 122 Å². The van der Waals surface area contributed by atoms with E-state index < -0.39 is 59.4 Å². The van der Waals surface area contributed by atoms with Gasteiger partial charge in [0.15, 0.2) is 5.78 Å². The lowest BCUT2D eigenvalue weighted by molar-refractivity contribution is -0.144. The van der Waals surface area contributed by atoms with Crippen molar-refractivity contribution in [1.29, 1.82) is 0 Å². The number of fused-ring (bicyclic) bond motifs is 2. The lowest BCUT2D eigenvalue weighted by Crippen LogP contribution is -2.59. The lowest BCUT2D eigenvalue weighted by Gasteiger charge is -2.36. The fraction of sp³-hybridized carbons (Fsp3) is 0.571. The molecule has 0 aromatic heterocycles. The van der Waals surface area contributed by atoms with Crippen LogP contribution in [-0.2, 0) is 35.2 Å². The van der Waals surface area contributed by atoms with Gasteiger partial charge in [-0.2, -0.15) is 0 Å². The number of likely N-dealkylation sites (N-methyl/N-ethyl adjacent to an activating group) is 2. The zero-order chi connectivity index (χ0) is 53.9. The Morgan fingerprint density at radius 1 is 0.699 bits per heavy atom. The summed E-state index contributed by atoms with van der Waals surface area (Å²) in [5, 5.41) is 24.8. The molecule has 1 aliphatic carbocycles. The molecule has 3 aromatic rings. The number of nitrogens with one attached hydrogen (secondary N) is 8. The molecule has 9 atom stereocenters. The van der Waals surface area contributed by atoms with Crippen LogP contribution in [0.3, 0.4) is 0 Å². The van der Waals surface area contributed by atoms with E-state index in [1.54, 1.807) is 83.1 Å². The van der Waals surface area contributed by atoms with Crippen molar-refractivity contribution in [1.82, 2.24) is 47.4 Å². The Balaban J connectivity index is 1.28. The molecule has 0 unspecified atom stereocenters. The molecule has 0 saturated carbocycles. The number of amides is 7. The molecule has 398 valence electrons. The Morgan fingerprint density at radius 3 is 1.93 bits per heavy atom. The van der Waals surface area contributed by atoms with Crippen LogP contribution in [0.2, 0.25) is 0 Å². The molecular weight excluding hydrogens is 927 g/mol. The summed E-state index contributed by atoms with van der Waals surface area (Å²) in [7, 11) is 3.31. The van der Waals surface area contributed by atoms with Crippen LogP contribution in [0.4, 0.5) is 0 Å². The van der Waals surface area contributed by atoms with Crippen molar-refractivity contribution in [2.24, 2.45) is 23.2 Å². The Bertz CT molecular complexity index is 2490. The van der Waals surface area contributed by atoms with Crippen molar-refractivity contribution in [2.75, 3.05) is 27.2 Å². The average Bonchev–Trinajstić information content (AvgIpc) is 3.78. The first-order valence-electron chi connectivity index (χ1n) is 26.0. The van der Waals surface area contributed by atoms with Crippen molar-refractivity contribution < 1.29 is 38.4 Å². The van der Waals surface area contributed by atoms with Gasteiger partial charge in [-0.3, -0.25) is 38.4 Å². The van der Waals surface area contributed by atoms with Crippen LogP contribution >= 0.6 is 0 Å². The molecule has 1 heterocycles. The van der Waals surface area contributed by atoms with E-state index in [0.717, 1.165) is 30.2 Å². The van der Waals surface area contributed by atoms with Crippen LogP contribution in [0.25, 0.3) is 10.8 Å². The molecule has 1 saturated heterocycles. The summed E-state index contributed by atoms with van der Waals surface area (Å²) in [6, 6.07) is 13.3. The fourth-order valence-electron chi connectivity index (χ4n) is 9.29. The van der Waals surface area contributed by atoms with Gasteiger partial charge in [0.1, 0.15) is 24.2 Å². The van der Waals surface area contributed by atoms with E-state index in [0.29, 0.717) is 16.5 Å². The van der Waals surface area contributed by atoms with Crippen molar-refractivity contribution in [3.63, 3.8) is 0 Å². The number of ketones is 1. The smallest absolute Gasteiger partial charge is 0.251 e. The summed E-state index contributed by atoms with van der Waals surface area (Å²) in [6.45, 7) is 18.6. The minimum absolute atomic E-state index is 0.0521. The summed E-state index contributed by atoms with van der Waals surface area (Å²) < 4.78 is 0. The van der Waals surface area contributed by atoms with Crippen LogP contribution in [0.1, 0.15) is 139 Å². The summed E-state index contributed by atoms with van der Waals surface area (Å²) in [5.41, 5.74) is 2.37. The topological polar surface area (TPSA) is 236 Å². The van der Waals surface area contributed by atoms with E-state index in [2.05, 4.69) is 48.6 Å². The predicted molar refractivity (Wildman–Crippen MR) is 283 cm³/mol. The molecule has 1 fully saturated rings. The number of Topliss-reactive ketones (excluding diaryl/α,β-unsaturated/α-hetero) is 1. The van der Waals surface area contributed by atoms with Gasteiger partial charge in [0, 0.05) is 36.7 Å². The minimum atomic E-state index is -1.00. The van der Waals surface area contributed by atoms with Gasteiger partial charge < -0.3 is 47.4 Å². The highest BCUT2D eigenvalue weighted by Gasteiger charge is 2.46. The largest absolute Gasteiger partial charge is 0.352 e. The number of carbonyl (C=O) groups is 8. The molecule has 3 aromatic carbocycles. The highest BCUT2D eigenvalue weighted by atomic mass is 16.2. The van der Waals surface area contributed by atoms with Crippen molar-refractivity contribution >= 4 is 57.9 Å². The van der Waals surface area contributed by atoms with E-state index in [-0.39, 0.29) is 91.6 Å². The molecular formula is C56H81N9O8. The maximum Gasteiger partial charge on any atom is 0.251 e. The maximum absolute atomic E-state index is 14.6. The maximum atomic E-state index is 14.6.